The monoisotopic (exact) mass is 203 g/mol. The van der Waals surface area contributed by atoms with Gasteiger partial charge >= 0.3 is 0 Å². The van der Waals surface area contributed by atoms with Crippen molar-refractivity contribution in [1.82, 2.24) is 0 Å². The molecule has 0 saturated heterocycles. The van der Waals surface area contributed by atoms with Gasteiger partial charge in [-0.1, -0.05) is 0 Å². The van der Waals surface area contributed by atoms with Crippen LogP contribution in [0.15, 0.2) is 11.5 Å². The summed E-state index contributed by atoms with van der Waals surface area (Å²) >= 11 is 0. The van der Waals surface area contributed by atoms with E-state index in [2.05, 4.69) is 4.74 Å². The molecule has 0 spiro atoms. The van der Waals surface area contributed by atoms with E-state index in [1.807, 2.05) is 0 Å². The summed E-state index contributed by atoms with van der Waals surface area (Å²) in [6.45, 7) is 1.12. The molecule has 0 bridgehead atoms. The molecule has 6 nitrogen and oxygen atoms in total. The lowest BCUT2D eigenvalue weighted by Gasteiger charge is -2.37. The topological polar surface area (TPSA) is 113 Å². The number of carbonyl (C=O) groups is 1. The highest BCUT2D eigenvalue weighted by Crippen LogP contribution is 2.28. The SMILES string of the molecule is COC1=C(N)[C@@H](O)[C@@](C)(O)[C@@H](O)C1=O. The molecule has 1 aliphatic carbocycles. The van der Waals surface area contributed by atoms with Crippen LogP contribution in [0.3, 0.4) is 0 Å². The number of carbonyl (C=O) groups excluding carboxylic acids is 1. The number of Topliss-reactive ketones (excluding diaryl/α,β-unsaturated/α-hetero) is 1. The summed E-state index contributed by atoms with van der Waals surface area (Å²) < 4.78 is 4.62. The van der Waals surface area contributed by atoms with Crippen molar-refractivity contribution >= 4 is 5.78 Å². The number of aliphatic hydroxyl groups is 3. The van der Waals surface area contributed by atoms with Crippen molar-refractivity contribution in [2.45, 2.75) is 24.7 Å². The van der Waals surface area contributed by atoms with Gasteiger partial charge in [-0.05, 0) is 6.92 Å². The molecular weight excluding hydrogens is 190 g/mol. The number of ketones is 1. The van der Waals surface area contributed by atoms with Gasteiger partial charge in [0.1, 0.15) is 11.7 Å². The standard InChI is InChI=1S/C8H13NO5/c1-8(13)6(11)3(9)5(14-2)4(10)7(8)12/h6-7,11-13H,9H2,1-2H3/t6-,7+,8-/m1/s1. The van der Waals surface area contributed by atoms with Gasteiger partial charge in [-0.25, -0.2) is 0 Å². The minimum Gasteiger partial charge on any atom is -0.491 e. The Bertz CT molecular complexity index is 296. The van der Waals surface area contributed by atoms with Gasteiger partial charge in [0.15, 0.2) is 11.9 Å². The van der Waals surface area contributed by atoms with Crippen molar-refractivity contribution in [2.75, 3.05) is 7.11 Å². The van der Waals surface area contributed by atoms with Gasteiger partial charge in [-0.3, -0.25) is 4.79 Å². The summed E-state index contributed by atoms with van der Waals surface area (Å²) in [6, 6.07) is 0. The average molecular weight is 203 g/mol. The zero-order valence-corrected chi connectivity index (χ0v) is 7.89. The first-order chi connectivity index (χ1) is 6.34. The van der Waals surface area contributed by atoms with Crippen LogP contribution >= 0.6 is 0 Å². The Kier molecular flexibility index (Phi) is 2.53. The molecule has 0 heterocycles. The Balaban J connectivity index is 3.24. The molecule has 1 aliphatic rings. The normalized spacial score (nSPS) is 38.8. The fourth-order valence-corrected chi connectivity index (χ4v) is 1.34. The molecule has 1 rings (SSSR count). The van der Waals surface area contributed by atoms with Crippen molar-refractivity contribution in [1.29, 1.82) is 0 Å². The number of rotatable bonds is 1. The molecule has 0 amide bonds. The highest BCUT2D eigenvalue weighted by Gasteiger charge is 2.50. The van der Waals surface area contributed by atoms with Crippen LogP contribution in [0, 0.1) is 0 Å². The highest BCUT2D eigenvalue weighted by molar-refractivity contribution is 5.99. The smallest absolute Gasteiger partial charge is 0.230 e. The van der Waals surface area contributed by atoms with Crippen LogP contribution in [0.4, 0.5) is 0 Å². The van der Waals surface area contributed by atoms with Crippen molar-refractivity contribution in [3.63, 3.8) is 0 Å². The molecule has 0 aliphatic heterocycles. The first-order valence-electron chi connectivity index (χ1n) is 4.00. The number of ether oxygens (including phenoxy) is 1. The first kappa shape index (κ1) is 11.0. The maximum absolute atomic E-state index is 11.3. The Morgan fingerprint density at radius 3 is 2.36 bits per heavy atom. The van der Waals surface area contributed by atoms with Crippen LogP contribution < -0.4 is 5.73 Å². The second-order valence-corrected chi connectivity index (χ2v) is 3.38. The van der Waals surface area contributed by atoms with Gasteiger partial charge in [-0.2, -0.15) is 0 Å². The van der Waals surface area contributed by atoms with E-state index in [1.165, 1.54) is 7.11 Å². The zero-order valence-electron chi connectivity index (χ0n) is 7.89. The fourth-order valence-electron chi connectivity index (χ4n) is 1.34. The van der Waals surface area contributed by atoms with Crippen molar-refractivity contribution in [3.05, 3.63) is 11.5 Å². The van der Waals surface area contributed by atoms with E-state index in [0.29, 0.717) is 0 Å². The minimum atomic E-state index is -1.98. The summed E-state index contributed by atoms with van der Waals surface area (Å²) in [5.41, 5.74) is 3.12. The Morgan fingerprint density at radius 2 is 1.93 bits per heavy atom. The maximum Gasteiger partial charge on any atom is 0.230 e. The van der Waals surface area contributed by atoms with Crippen LogP contribution in [0.25, 0.3) is 0 Å². The van der Waals surface area contributed by atoms with Gasteiger partial charge in [-0.15, -0.1) is 0 Å². The second-order valence-electron chi connectivity index (χ2n) is 3.38. The van der Waals surface area contributed by atoms with Gasteiger partial charge in [0.05, 0.1) is 12.8 Å². The summed E-state index contributed by atoms with van der Waals surface area (Å²) in [5.74, 6) is -1.14. The maximum atomic E-state index is 11.3. The van der Waals surface area contributed by atoms with Crippen molar-refractivity contribution in [2.24, 2.45) is 5.73 Å². The Morgan fingerprint density at radius 1 is 1.43 bits per heavy atom. The van der Waals surface area contributed by atoms with Crippen LogP contribution in [0.1, 0.15) is 6.92 Å². The van der Waals surface area contributed by atoms with E-state index in [9.17, 15) is 20.1 Å². The van der Waals surface area contributed by atoms with E-state index in [4.69, 9.17) is 5.73 Å². The molecular formula is C8H13NO5. The molecule has 0 saturated carbocycles. The van der Waals surface area contributed by atoms with E-state index in [-0.39, 0.29) is 11.5 Å². The predicted octanol–water partition coefficient (Wildman–Crippen LogP) is -2.14. The predicted molar refractivity (Wildman–Crippen MR) is 45.9 cm³/mol. The van der Waals surface area contributed by atoms with Gasteiger partial charge in [0, 0.05) is 0 Å². The van der Waals surface area contributed by atoms with Crippen molar-refractivity contribution < 1.29 is 24.9 Å². The Hall–Kier alpha value is -1.11. The second kappa shape index (κ2) is 3.23. The molecule has 14 heavy (non-hydrogen) atoms. The lowest BCUT2D eigenvalue weighted by Crippen LogP contribution is -2.59. The lowest BCUT2D eigenvalue weighted by atomic mass is 9.82. The summed E-state index contributed by atoms with van der Waals surface area (Å²) in [4.78, 5) is 11.3. The quantitative estimate of drug-likeness (QED) is 0.387. The highest BCUT2D eigenvalue weighted by atomic mass is 16.5. The van der Waals surface area contributed by atoms with E-state index in [0.717, 1.165) is 6.92 Å². The van der Waals surface area contributed by atoms with Gasteiger partial charge < -0.3 is 25.8 Å². The molecule has 0 unspecified atom stereocenters. The van der Waals surface area contributed by atoms with E-state index < -0.39 is 23.6 Å². The van der Waals surface area contributed by atoms with Crippen molar-refractivity contribution in [3.8, 4) is 0 Å². The molecule has 0 aromatic heterocycles. The van der Waals surface area contributed by atoms with E-state index in [1.54, 1.807) is 0 Å². The third kappa shape index (κ3) is 1.28. The zero-order chi connectivity index (χ0) is 11.1. The number of hydrogen-bond donors (Lipinski definition) is 4. The molecule has 0 aromatic rings. The molecule has 80 valence electrons. The molecule has 0 aromatic carbocycles. The summed E-state index contributed by atoms with van der Waals surface area (Å²) in [7, 11) is 1.19. The molecule has 6 heteroatoms. The number of nitrogens with two attached hydrogens (primary N) is 1. The molecule has 5 N–H and O–H groups in total. The third-order valence-corrected chi connectivity index (χ3v) is 2.34. The molecule has 0 fully saturated rings. The van der Waals surface area contributed by atoms with E-state index >= 15 is 0 Å². The van der Waals surface area contributed by atoms with Crippen LogP contribution in [-0.2, 0) is 9.53 Å². The number of methoxy groups -OCH3 is 1. The van der Waals surface area contributed by atoms with Crippen LogP contribution in [-0.4, -0.2) is 46.0 Å². The summed E-state index contributed by atoms with van der Waals surface area (Å²) in [5, 5.41) is 28.4. The van der Waals surface area contributed by atoms with Gasteiger partial charge in [0.2, 0.25) is 5.78 Å². The third-order valence-electron chi connectivity index (χ3n) is 2.34. The Labute approximate surface area is 80.6 Å². The fraction of sp³-hybridized carbons (Fsp3) is 0.625. The van der Waals surface area contributed by atoms with Gasteiger partial charge in [0.25, 0.3) is 0 Å². The lowest BCUT2D eigenvalue weighted by molar-refractivity contribution is -0.160. The minimum absolute atomic E-state index is 0.271. The average Bonchev–Trinajstić information content (AvgIpc) is 2.14. The van der Waals surface area contributed by atoms with Crippen LogP contribution in [0.2, 0.25) is 0 Å². The van der Waals surface area contributed by atoms with Crippen LogP contribution in [0.5, 0.6) is 0 Å². The number of aliphatic hydroxyl groups excluding tert-OH is 2. The molecule has 3 atom stereocenters. The molecule has 0 radical (unpaired) electrons. The number of hydrogen-bond acceptors (Lipinski definition) is 6. The first-order valence-corrected chi connectivity index (χ1v) is 4.00. The summed E-state index contributed by atoms with van der Waals surface area (Å²) in [6.07, 6.45) is -3.26. The largest absolute Gasteiger partial charge is 0.491 e.